The second-order valence-corrected chi connectivity index (χ2v) is 12.3. The van der Waals surface area contributed by atoms with Crippen molar-refractivity contribution in [1.82, 2.24) is 0 Å². The number of Topliss-reactive ketones (excluding diaryl/α,β-unsaturated/α-hetero) is 1. The summed E-state index contributed by atoms with van der Waals surface area (Å²) >= 11 is 0. The van der Waals surface area contributed by atoms with Gasteiger partial charge in [-0.15, -0.1) is 0 Å². The molecule has 0 aromatic heterocycles. The van der Waals surface area contributed by atoms with E-state index in [1.165, 1.54) is 12.1 Å². The third-order valence-electron chi connectivity index (χ3n) is 4.91. The monoisotopic (exact) mass is 308 g/mol. The summed E-state index contributed by atoms with van der Waals surface area (Å²) in [5.74, 6) is -0.171. The van der Waals surface area contributed by atoms with E-state index >= 15 is 0 Å². The first-order valence-electron chi connectivity index (χ1n) is 7.58. The maximum Gasteiger partial charge on any atom is 0.191 e. The Morgan fingerprint density at radius 2 is 2.00 bits per heavy atom. The molecule has 0 bridgehead atoms. The average molecular weight is 308 g/mol. The molecule has 0 fully saturated rings. The lowest BCUT2D eigenvalue weighted by Crippen LogP contribution is -2.41. The van der Waals surface area contributed by atoms with Gasteiger partial charge in [0.05, 0.1) is 0 Å². The second-order valence-electron chi connectivity index (χ2n) is 7.46. The predicted molar refractivity (Wildman–Crippen MR) is 85.7 cm³/mol. The Hall–Kier alpha value is -1.00. The first-order valence-corrected chi connectivity index (χ1v) is 10.5. The number of ketones is 1. The first kappa shape index (κ1) is 16.4. The van der Waals surface area contributed by atoms with Crippen LogP contribution in [-0.4, -0.2) is 20.7 Å². The van der Waals surface area contributed by atoms with Gasteiger partial charge in [0.15, 0.2) is 14.1 Å². The van der Waals surface area contributed by atoms with Crippen LogP contribution in [0.25, 0.3) is 0 Å². The highest BCUT2D eigenvalue weighted by atomic mass is 28.4. The minimum Gasteiger partial charge on any atom is -0.417 e. The van der Waals surface area contributed by atoms with Gasteiger partial charge in [-0.05, 0) is 54.7 Å². The fourth-order valence-corrected chi connectivity index (χ4v) is 3.52. The molecule has 0 aliphatic heterocycles. The summed E-state index contributed by atoms with van der Waals surface area (Å²) < 4.78 is 19.4. The molecular formula is C17H25FO2Si. The molecule has 116 valence electrons. The maximum absolute atomic E-state index is 13.2. The quantitative estimate of drug-likeness (QED) is 0.760. The van der Waals surface area contributed by atoms with Gasteiger partial charge in [-0.25, -0.2) is 4.39 Å². The number of fused-ring (bicyclic) bond motifs is 1. The predicted octanol–water partition coefficient (Wildman–Crippen LogP) is 4.59. The standard InChI is InChI=1S/C17H25FO2Si/c1-17(2,3)21(4,5)20-9-8-12-10-13-11-14(18)6-7-15(13)16(12)19/h6-7,11-12H,8-10H2,1-5H3. The number of rotatable bonds is 4. The van der Waals surface area contributed by atoms with Gasteiger partial charge in [-0.1, -0.05) is 20.8 Å². The van der Waals surface area contributed by atoms with Crippen molar-refractivity contribution >= 4 is 14.1 Å². The van der Waals surface area contributed by atoms with Gasteiger partial charge in [-0.3, -0.25) is 4.79 Å². The minimum atomic E-state index is -1.76. The summed E-state index contributed by atoms with van der Waals surface area (Å²) in [6.45, 7) is 11.7. The fraction of sp³-hybridized carbons (Fsp3) is 0.588. The summed E-state index contributed by atoms with van der Waals surface area (Å²) in [6, 6.07) is 4.47. The van der Waals surface area contributed by atoms with Gasteiger partial charge in [-0.2, -0.15) is 0 Å². The molecule has 1 aromatic carbocycles. The number of carbonyl (C=O) groups excluding carboxylic acids is 1. The topological polar surface area (TPSA) is 26.3 Å². The van der Waals surface area contributed by atoms with Crippen LogP contribution < -0.4 is 0 Å². The van der Waals surface area contributed by atoms with E-state index in [4.69, 9.17) is 4.43 Å². The zero-order valence-electron chi connectivity index (χ0n) is 13.6. The maximum atomic E-state index is 13.2. The normalized spacial score (nSPS) is 19.0. The van der Waals surface area contributed by atoms with Crippen molar-refractivity contribution in [3.8, 4) is 0 Å². The highest BCUT2D eigenvalue weighted by molar-refractivity contribution is 6.74. The number of hydrogen-bond donors (Lipinski definition) is 0. The molecule has 4 heteroatoms. The van der Waals surface area contributed by atoms with Crippen LogP contribution >= 0.6 is 0 Å². The summed E-state index contributed by atoms with van der Waals surface area (Å²) in [6.07, 6.45) is 1.37. The van der Waals surface area contributed by atoms with E-state index in [1.807, 2.05) is 0 Å². The van der Waals surface area contributed by atoms with Crippen LogP contribution in [0.1, 0.15) is 43.1 Å². The molecular weight excluding hydrogens is 283 g/mol. The number of hydrogen-bond acceptors (Lipinski definition) is 2. The number of halogens is 1. The molecule has 0 N–H and O–H groups in total. The van der Waals surface area contributed by atoms with Crippen molar-refractivity contribution in [2.24, 2.45) is 5.92 Å². The van der Waals surface area contributed by atoms with Crippen molar-refractivity contribution in [2.75, 3.05) is 6.61 Å². The third kappa shape index (κ3) is 3.43. The van der Waals surface area contributed by atoms with E-state index in [1.54, 1.807) is 6.07 Å². The Morgan fingerprint density at radius 3 is 2.62 bits per heavy atom. The van der Waals surface area contributed by atoms with Gasteiger partial charge in [0, 0.05) is 18.1 Å². The fourth-order valence-electron chi connectivity index (χ4n) is 2.46. The van der Waals surface area contributed by atoms with E-state index < -0.39 is 8.32 Å². The van der Waals surface area contributed by atoms with E-state index in [0.29, 0.717) is 18.6 Å². The molecule has 0 spiro atoms. The van der Waals surface area contributed by atoms with E-state index in [0.717, 1.165) is 12.0 Å². The molecule has 21 heavy (non-hydrogen) atoms. The molecule has 1 aliphatic rings. The van der Waals surface area contributed by atoms with Gasteiger partial charge >= 0.3 is 0 Å². The van der Waals surface area contributed by atoms with Crippen LogP contribution in [0.4, 0.5) is 4.39 Å². The number of carbonyl (C=O) groups is 1. The zero-order valence-corrected chi connectivity index (χ0v) is 14.6. The molecule has 0 saturated carbocycles. The summed E-state index contributed by atoms with van der Waals surface area (Å²) in [7, 11) is -1.76. The van der Waals surface area contributed by atoms with Crippen molar-refractivity contribution < 1.29 is 13.6 Å². The Morgan fingerprint density at radius 1 is 1.33 bits per heavy atom. The third-order valence-corrected chi connectivity index (χ3v) is 9.44. The number of benzene rings is 1. The van der Waals surface area contributed by atoms with Crippen LogP contribution in [-0.2, 0) is 10.8 Å². The first-order chi connectivity index (χ1) is 9.62. The lowest BCUT2D eigenvalue weighted by molar-refractivity contribution is 0.0916. The molecule has 0 radical (unpaired) electrons. The van der Waals surface area contributed by atoms with E-state index in [9.17, 15) is 9.18 Å². The lowest BCUT2D eigenvalue weighted by atomic mass is 10.0. The Bertz CT molecular complexity index is 546. The Kier molecular flexibility index (Phi) is 4.40. The molecule has 2 nitrogen and oxygen atoms in total. The molecule has 0 saturated heterocycles. The van der Waals surface area contributed by atoms with Gasteiger partial charge < -0.3 is 4.43 Å². The van der Waals surface area contributed by atoms with Gasteiger partial charge in [0.2, 0.25) is 0 Å². The molecule has 1 aliphatic carbocycles. The van der Waals surface area contributed by atoms with Crippen LogP contribution in [0.2, 0.25) is 18.1 Å². The molecule has 0 amide bonds. The van der Waals surface area contributed by atoms with Crippen molar-refractivity contribution in [3.63, 3.8) is 0 Å². The molecule has 1 aromatic rings. The van der Waals surface area contributed by atoms with Crippen LogP contribution in [0.5, 0.6) is 0 Å². The SMILES string of the molecule is CC(C)(C)[Si](C)(C)OCCC1Cc2cc(F)ccc2C1=O. The summed E-state index contributed by atoms with van der Waals surface area (Å²) in [5.41, 5.74) is 1.53. The summed E-state index contributed by atoms with van der Waals surface area (Å²) in [4.78, 5) is 12.3. The lowest BCUT2D eigenvalue weighted by Gasteiger charge is -2.36. The molecule has 1 unspecified atom stereocenters. The molecule has 0 heterocycles. The van der Waals surface area contributed by atoms with Crippen molar-refractivity contribution in [2.45, 2.75) is 51.7 Å². The molecule has 2 rings (SSSR count). The van der Waals surface area contributed by atoms with Crippen LogP contribution in [0.3, 0.4) is 0 Å². The van der Waals surface area contributed by atoms with Crippen molar-refractivity contribution in [3.05, 3.63) is 35.1 Å². The Labute approximate surface area is 127 Å². The summed E-state index contributed by atoms with van der Waals surface area (Å²) in [5, 5.41) is 0.179. The average Bonchev–Trinajstić information content (AvgIpc) is 2.64. The van der Waals surface area contributed by atoms with E-state index in [2.05, 4.69) is 33.9 Å². The minimum absolute atomic E-state index is 0.0495. The van der Waals surface area contributed by atoms with Crippen LogP contribution in [0.15, 0.2) is 18.2 Å². The van der Waals surface area contributed by atoms with Crippen molar-refractivity contribution in [1.29, 1.82) is 0 Å². The highest BCUT2D eigenvalue weighted by Crippen LogP contribution is 2.37. The largest absolute Gasteiger partial charge is 0.417 e. The second kappa shape index (κ2) is 5.65. The zero-order chi connectivity index (χ0) is 15.8. The smallest absolute Gasteiger partial charge is 0.191 e. The highest BCUT2D eigenvalue weighted by Gasteiger charge is 2.37. The molecule has 1 atom stereocenters. The van der Waals surface area contributed by atoms with Gasteiger partial charge in [0.1, 0.15) is 5.82 Å². The van der Waals surface area contributed by atoms with Crippen LogP contribution in [0, 0.1) is 11.7 Å². The van der Waals surface area contributed by atoms with E-state index in [-0.39, 0.29) is 22.6 Å². The Balaban J connectivity index is 1.94. The van der Waals surface area contributed by atoms with Gasteiger partial charge in [0.25, 0.3) is 0 Å².